The summed E-state index contributed by atoms with van der Waals surface area (Å²) in [4.78, 5) is 1.34. The minimum atomic E-state index is 0.201. The fraction of sp³-hybridized carbons (Fsp3) is 0.294. The molecule has 0 aliphatic carbocycles. The lowest BCUT2D eigenvalue weighted by molar-refractivity contribution is 0.748. The summed E-state index contributed by atoms with van der Waals surface area (Å²) in [6, 6.07) is 17.3. The van der Waals surface area contributed by atoms with Crippen molar-refractivity contribution in [1.29, 1.82) is 0 Å². The molecule has 2 aromatic carbocycles. The summed E-state index contributed by atoms with van der Waals surface area (Å²) in [7, 11) is 0. The standard InChI is InChI=1S/C17H21NS/c1-13-7-9-15(10-8-13)11-16(18)12-19-17-6-4-3-5-14(17)2/h3-10,16H,11-12,18H2,1-2H3. The van der Waals surface area contributed by atoms with Gasteiger partial charge in [-0.05, 0) is 37.5 Å². The van der Waals surface area contributed by atoms with Crippen LogP contribution >= 0.6 is 11.8 Å². The SMILES string of the molecule is Cc1ccc(CC(N)CSc2ccccc2C)cc1. The van der Waals surface area contributed by atoms with Crippen molar-refractivity contribution in [1.82, 2.24) is 0 Å². The smallest absolute Gasteiger partial charge is 0.0174 e. The molecule has 0 aliphatic rings. The van der Waals surface area contributed by atoms with Gasteiger partial charge in [0.15, 0.2) is 0 Å². The van der Waals surface area contributed by atoms with Crippen LogP contribution in [0.5, 0.6) is 0 Å². The van der Waals surface area contributed by atoms with Gasteiger partial charge in [-0.15, -0.1) is 11.8 Å². The van der Waals surface area contributed by atoms with Gasteiger partial charge in [-0.25, -0.2) is 0 Å². The molecule has 0 saturated heterocycles. The summed E-state index contributed by atoms with van der Waals surface area (Å²) in [6.45, 7) is 4.26. The Hall–Kier alpha value is -1.25. The maximum atomic E-state index is 6.22. The van der Waals surface area contributed by atoms with E-state index in [-0.39, 0.29) is 6.04 Å². The van der Waals surface area contributed by atoms with E-state index in [1.807, 2.05) is 11.8 Å². The molecule has 0 amide bonds. The lowest BCUT2D eigenvalue weighted by Crippen LogP contribution is -2.25. The van der Waals surface area contributed by atoms with Crippen LogP contribution in [0.25, 0.3) is 0 Å². The summed E-state index contributed by atoms with van der Waals surface area (Å²) in [6.07, 6.45) is 0.944. The summed E-state index contributed by atoms with van der Waals surface area (Å²) in [5.41, 5.74) is 10.2. The third-order valence-corrected chi connectivity index (χ3v) is 4.53. The van der Waals surface area contributed by atoms with Crippen LogP contribution in [0.4, 0.5) is 0 Å². The van der Waals surface area contributed by atoms with E-state index < -0.39 is 0 Å². The molecule has 2 rings (SSSR count). The van der Waals surface area contributed by atoms with Crippen molar-refractivity contribution in [3.63, 3.8) is 0 Å². The quantitative estimate of drug-likeness (QED) is 0.833. The maximum absolute atomic E-state index is 6.22. The molecule has 0 bridgehead atoms. The van der Waals surface area contributed by atoms with E-state index in [2.05, 4.69) is 62.4 Å². The highest BCUT2D eigenvalue weighted by Crippen LogP contribution is 2.22. The third-order valence-electron chi connectivity index (χ3n) is 3.16. The minimum Gasteiger partial charge on any atom is -0.327 e. The Morgan fingerprint density at radius 1 is 1.00 bits per heavy atom. The molecule has 0 spiro atoms. The van der Waals surface area contributed by atoms with Crippen molar-refractivity contribution in [3.8, 4) is 0 Å². The topological polar surface area (TPSA) is 26.0 Å². The van der Waals surface area contributed by atoms with Crippen LogP contribution in [-0.2, 0) is 6.42 Å². The predicted octanol–water partition coefficient (Wildman–Crippen LogP) is 3.97. The molecule has 2 N–H and O–H groups in total. The van der Waals surface area contributed by atoms with Gasteiger partial charge in [0.1, 0.15) is 0 Å². The van der Waals surface area contributed by atoms with Crippen LogP contribution in [0.3, 0.4) is 0 Å². The molecule has 1 unspecified atom stereocenters. The zero-order valence-electron chi connectivity index (χ0n) is 11.6. The van der Waals surface area contributed by atoms with Gasteiger partial charge in [0.05, 0.1) is 0 Å². The van der Waals surface area contributed by atoms with Crippen LogP contribution in [0.15, 0.2) is 53.4 Å². The lowest BCUT2D eigenvalue weighted by Gasteiger charge is -2.12. The van der Waals surface area contributed by atoms with E-state index in [9.17, 15) is 0 Å². The van der Waals surface area contributed by atoms with Gasteiger partial charge in [0.25, 0.3) is 0 Å². The zero-order chi connectivity index (χ0) is 13.7. The average Bonchev–Trinajstić information content (AvgIpc) is 2.40. The van der Waals surface area contributed by atoms with E-state index >= 15 is 0 Å². The first-order valence-electron chi connectivity index (χ1n) is 6.64. The molecule has 19 heavy (non-hydrogen) atoms. The number of benzene rings is 2. The Morgan fingerprint density at radius 3 is 2.37 bits per heavy atom. The zero-order valence-corrected chi connectivity index (χ0v) is 12.4. The molecule has 0 aliphatic heterocycles. The second-order valence-corrected chi connectivity index (χ2v) is 6.09. The number of thioether (sulfide) groups is 1. The number of rotatable bonds is 5. The highest BCUT2D eigenvalue weighted by atomic mass is 32.2. The van der Waals surface area contributed by atoms with E-state index in [1.165, 1.54) is 21.6 Å². The Morgan fingerprint density at radius 2 is 1.68 bits per heavy atom. The van der Waals surface area contributed by atoms with Gasteiger partial charge in [-0.2, -0.15) is 0 Å². The van der Waals surface area contributed by atoms with Crippen molar-refractivity contribution in [2.24, 2.45) is 5.73 Å². The van der Waals surface area contributed by atoms with Crippen LogP contribution in [-0.4, -0.2) is 11.8 Å². The molecule has 2 aromatic rings. The Bertz CT molecular complexity index is 519. The molecule has 1 nitrogen and oxygen atoms in total. The Kier molecular flexibility index (Phi) is 5.06. The number of hydrogen-bond acceptors (Lipinski definition) is 2. The normalized spacial score (nSPS) is 12.4. The second-order valence-electron chi connectivity index (χ2n) is 5.03. The second kappa shape index (κ2) is 6.78. The fourth-order valence-electron chi connectivity index (χ4n) is 2.00. The van der Waals surface area contributed by atoms with Gasteiger partial charge in [0.2, 0.25) is 0 Å². The highest BCUT2D eigenvalue weighted by Gasteiger charge is 2.06. The highest BCUT2D eigenvalue weighted by molar-refractivity contribution is 7.99. The number of hydrogen-bond donors (Lipinski definition) is 1. The summed E-state index contributed by atoms with van der Waals surface area (Å²) in [5, 5.41) is 0. The molecule has 100 valence electrons. The van der Waals surface area contributed by atoms with Crippen molar-refractivity contribution in [3.05, 3.63) is 65.2 Å². The number of nitrogens with two attached hydrogens (primary N) is 1. The monoisotopic (exact) mass is 271 g/mol. The van der Waals surface area contributed by atoms with E-state index in [0.717, 1.165) is 12.2 Å². The first kappa shape index (κ1) is 14.2. The summed E-state index contributed by atoms with van der Waals surface area (Å²) < 4.78 is 0. The molecular formula is C17H21NS. The van der Waals surface area contributed by atoms with Crippen LogP contribution in [0.2, 0.25) is 0 Å². The first-order valence-corrected chi connectivity index (χ1v) is 7.63. The molecule has 0 saturated carbocycles. The maximum Gasteiger partial charge on any atom is 0.0174 e. The Labute approximate surface area is 120 Å². The number of aryl methyl sites for hydroxylation is 2. The van der Waals surface area contributed by atoms with Crippen LogP contribution < -0.4 is 5.73 Å². The molecular weight excluding hydrogens is 250 g/mol. The fourth-order valence-corrected chi connectivity index (χ4v) is 2.98. The summed E-state index contributed by atoms with van der Waals surface area (Å²) >= 11 is 1.85. The first-order chi connectivity index (χ1) is 9.15. The molecule has 2 heteroatoms. The predicted molar refractivity (Wildman–Crippen MR) is 84.8 cm³/mol. The largest absolute Gasteiger partial charge is 0.327 e. The summed E-state index contributed by atoms with van der Waals surface area (Å²) in [5.74, 6) is 0.957. The van der Waals surface area contributed by atoms with Gasteiger partial charge in [-0.1, -0.05) is 48.0 Å². The van der Waals surface area contributed by atoms with Gasteiger partial charge in [-0.3, -0.25) is 0 Å². The minimum absolute atomic E-state index is 0.201. The molecule has 0 fully saturated rings. The molecule has 0 heterocycles. The molecule has 0 aromatic heterocycles. The van der Waals surface area contributed by atoms with Gasteiger partial charge >= 0.3 is 0 Å². The van der Waals surface area contributed by atoms with Crippen molar-refractivity contribution < 1.29 is 0 Å². The lowest BCUT2D eigenvalue weighted by atomic mass is 10.1. The van der Waals surface area contributed by atoms with Crippen LogP contribution in [0, 0.1) is 13.8 Å². The van der Waals surface area contributed by atoms with Gasteiger partial charge in [0, 0.05) is 16.7 Å². The third kappa shape index (κ3) is 4.41. The van der Waals surface area contributed by atoms with E-state index in [4.69, 9.17) is 5.73 Å². The average molecular weight is 271 g/mol. The van der Waals surface area contributed by atoms with E-state index in [1.54, 1.807) is 0 Å². The van der Waals surface area contributed by atoms with Crippen molar-refractivity contribution in [2.45, 2.75) is 31.2 Å². The Balaban J connectivity index is 1.86. The molecule has 1 atom stereocenters. The van der Waals surface area contributed by atoms with Gasteiger partial charge < -0.3 is 5.73 Å². The molecule has 0 radical (unpaired) electrons. The van der Waals surface area contributed by atoms with Crippen molar-refractivity contribution in [2.75, 3.05) is 5.75 Å². The van der Waals surface area contributed by atoms with Crippen molar-refractivity contribution >= 4 is 11.8 Å². The van der Waals surface area contributed by atoms with Crippen LogP contribution in [0.1, 0.15) is 16.7 Å². The van der Waals surface area contributed by atoms with E-state index in [0.29, 0.717) is 0 Å².